The molecule has 7 nitrogen and oxygen atoms in total. The second-order valence-electron chi connectivity index (χ2n) is 4.68. The highest BCUT2D eigenvalue weighted by atomic mass is 16.3. The van der Waals surface area contributed by atoms with Crippen molar-refractivity contribution < 1.29 is 19.3 Å². The lowest BCUT2D eigenvalue weighted by molar-refractivity contribution is -0.671. The maximum atomic E-state index is 12.0. The number of benzene rings is 1. The van der Waals surface area contributed by atoms with Crippen molar-refractivity contribution in [3.63, 3.8) is 0 Å². The molecule has 1 heterocycles. The Morgan fingerprint density at radius 3 is 2.71 bits per heavy atom. The van der Waals surface area contributed by atoms with Gasteiger partial charge in [0.15, 0.2) is 6.54 Å². The number of carbonyl (C=O) groups excluding carboxylic acids is 2. The Morgan fingerprint density at radius 1 is 1.33 bits per heavy atom. The highest BCUT2D eigenvalue weighted by Crippen LogP contribution is 2.31. The largest absolute Gasteiger partial charge is 0.506 e. The number of rotatable bonds is 4. The van der Waals surface area contributed by atoms with Crippen LogP contribution in [0.25, 0.3) is 0 Å². The van der Waals surface area contributed by atoms with E-state index in [1.54, 1.807) is 29.2 Å². The summed E-state index contributed by atoms with van der Waals surface area (Å²) in [6.07, 6.45) is 5.34. The Labute approximate surface area is 121 Å². The first kappa shape index (κ1) is 14.6. The van der Waals surface area contributed by atoms with Crippen LogP contribution < -0.4 is 15.2 Å². The number of aromatic nitrogens is 2. The Bertz CT molecular complexity index is 679. The zero-order valence-corrected chi connectivity index (χ0v) is 11.8. The van der Waals surface area contributed by atoms with Crippen LogP contribution in [0, 0.1) is 0 Å². The fourth-order valence-electron chi connectivity index (χ4n) is 1.91. The van der Waals surface area contributed by atoms with Crippen LogP contribution in [0.1, 0.15) is 6.92 Å². The minimum atomic E-state index is -0.306. The van der Waals surface area contributed by atoms with Crippen molar-refractivity contribution in [1.82, 2.24) is 4.57 Å². The molecule has 1 aromatic heterocycles. The van der Waals surface area contributed by atoms with E-state index < -0.39 is 0 Å². The van der Waals surface area contributed by atoms with Crippen molar-refractivity contribution in [3.8, 4) is 5.75 Å². The zero-order valence-electron chi connectivity index (χ0n) is 11.8. The zero-order chi connectivity index (χ0) is 15.4. The van der Waals surface area contributed by atoms with Crippen LogP contribution in [0.15, 0.2) is 36.9 Å². The van der Waals surface area contributed by atoms with Crippen molar-refractivity contribution in [2.75, 3.05) is 10.6 Å². The molecule has 0 atom stereocenters. The van der Waals surface area contributed by atoms with E-state index in [9.17, 15) is 14.7 Å². The van der Waals surface area contributed by atoms with E-state index in [4.69, 9.17) is 0 Å². The molecule has 7 heteroatoms. The molecule has 0 radical (unpaired) electrons. The summed E-state index contributed by atoms with van der Waals surface area (Å²) in [5.41, 5.74) is 0.545. The van der Waals surface area contributed by atoms with Gasteiger partial charge in [0, 0.05) is 6.92 Å². The van der Waals surface area contributed by atoms with E-state index in [-0.39, 0.29) is 29.8 Å². The molecule has 2 aromatic rings. The monoisotopic (exact) mass is 289 g/mol. The van der Waals surface area contributed by atoms with E-state index in [1.807, 2.05) is 17.8 Å². The topological polar surface area (TPSA) is 87.2 Å². The molecule has 0 fully saturated rings. The quantitative estimate of drug-likeness (QED) is 0.569. The average Bonchev–Trinajstić information content (AvgIpc) is 2.78. The number of carbonyl (C=O) groups is 2. The van der Waals surface area contributed by atoms with Gasteiger partial charge in [-0.05, 0) is 12.1 Å². The Balaban J connectivity index is 2.14. The number of phenolic OH excluding ortho intramolecular Hbond substituents is 1. The SMILES string of the molecule is CC(=O)Nc1cccc(O)c1NC(=O)Cn1cc[n+](C)c1. The van der Waals surface area contributed by atoms with E-state index in [2.05, 4.69) is 10.6 Å². The standard InChI is InChI=1S/C14H16N4O3/c1-10(19)15-11-4-3-5-12(20)14(11)16-13(21)8-18-7-6-17(2)9-18/h3-7,9H,8H2,1-2H3,(H2-,15,16,19,20,21)/p+1. The molecule has 3 N–H and O–H groups in total. The first-order valence-corrected chi connectivity index (χ1v) is 6.36. The van der Waals surface area contributed by atoms with Crippen LogP contribution in [-0.4, -0.2) is 21.5 Å². The summed E-state index contributed by atoms with van der Waals surface area (Å²) in [5, 5.41) is 15.0. The highest BCUT2D eigenvalue weighted by Gasteiger charge is 2.14. The minimum absolute atomic E-state index is 0.104. The van der Waals surface area contributed by atoms with Gasteiger partial charge in [0.1, 0.15) is 23.8 Å². The summed E-state index contributed by atoms with van der Waals surface area (Å²) in [6, 6.07) is 4.63. The molecule has 0 aliphatic heterocycles. The molecular weight excluding hydrogens is 272 g/mol. The van der Waals surface area contributed by atoms with Gasteiger partial charge in [-0.3, -0.25) is 9.59 Å². The number of hydrogen-bond donors (Lipinski definition) is 3. The fourth-order valence-corrected chi connectivity index (χ4v) is 1.91. The van der Waals surface area contributed by atoms with Crippen molar-refractivity contribution in [2.24, 2.45) is 7.05 Å². The molecule has 0 unspecified atom stereocenters. The number of para-hydroxylation sites is 1. The predicted molar refractivity (Wildman–Crippen MR) is 76.6 cm³/mol. The summed E-state index contributed by atoms with van der Waals surface area (Å²) < 4.78 is 3.52. The Hall–Kier alpha value is -2.83. The third-order valence-electron chi connectivity index (χ3n) is 2.77. The highest BCUT2D eigenvalue weighted by molar-refractivity contribution is 6.00. The van der Waals surface area contributed by atoms with Gasteiger partial charge in [0.05, 0.1) is 12.7 Å². The number of aromatic hydroxyl groups is 1. The molecule has 0 aliphatic carbocycles. The number of nitrogens with one attached hydrogen (secondary N) is 2. The summed E-state index contributed by atoms with van der Waals surface area (Å²) in [5.74, 6) is -0.694. The van der Waals surface area contributed by atoms with Gasteiger partial charge in [0.25, 0.3) is 5.91 Å². The Kier molecular flexibility index (Phi) is 4.22. The second kappa shape index (κ2) is 6.08. The molecule has 21 heavy (non-hydrogen) atoms. The first-order valence-electron chi connectivity index (χ1n) is 6.36. The summed E-state index contributed by atoms with van der Waals surface area (Å²) in [6.45, 7) is 1.46. The van der Waals surface area contributed by atoms with Crippen LogP contribution in [0.4, 0.5) is 11.4 Å². The van der Waals surface area contributed by atoms with E-state index >= 15 is 0 Å². The number of hydrogen-bond acceptors (Lipinski definition) is 3. The molecule has 2 rings (SSSR count). The van der Waals surface area contributed by atoms with Gasteiger partial charge in [-0.25, -0.2) is 9.13 Å². The van der Waals surface area contributed by atoms with E-state index in [0.29, 0.717) is 5.69 Å². The van der Waals surface area contributed by atoms with Gasteiger partial charge in [-0.2, -0.15) is 0 Å². The third-order valence-corrected chi connectivity index (χ3v) is 2.77. The van der Waals surface area contributed by atoms with Crippen LogP contribution in [0.3, 0.4) is 0 Å². The van der Waals surface area contributed by atoms with E-state index in [1.165, 1.54) is 13.0 Å². The molecule has 0 bridgehead atoms. The van der Waals surface area contributed by atoms with Gasteiger partial charge in [-0.15, -0.1) is 0 Å². The van der Waals surface area contributed by atoms with Crippen LogP contribution >= 0.6 is 0 Å². The molecule has 0 spiro atoms. The minimum Gasteiger partial charge on any atom is -0.506 e. The average molecular weight is 289 g/mol. The number of aryl methyl sites for hydroxylation is 1. The van der Waals surface area contributed by atoms with Crippen molar-refractivity contribution in [3.05, 3.63) is 36.9 Å². The lowest BCUT2D eigenvalue weighted by Gasteiger charge is -2.12. The number of nitrogens with zero attached hydrogens (tertiary/aromatic N) is 2. The Morgan fingerprint density at radius 2 is 2.10 bits per heavy atom. The summed E-state index contributed by atoms with van der Waals surface area (Å²) in [4.78, 5) is 23.2. The van der Waals surface area contributed by atoms with Gasteiger partial charge in [-0.1, -0.05) is 6.07 Å². The maximum absolute atomic E-state index is 12.0. The summed E-state index contributed by atoms with van der Waals surface area (Å²) in [7, 11) is 1.85. The number of amides is 2. The normalized spacial score (nSPS) is 10.2. The first-order chi connectivity index (χ1) is 9.95. The molecule has 2 amide bonds. The maximum Gasteiger partial charge on any atom is 0.266 e. The number of imidazole rings is 1. The second-order valence-corrected chi connectivity index (χ2v) is 4.68. The van der Waals surface area contributed by atoms with Crippen molar-refractivity contribution in [2.45, 2.75) is 13.5 Å². The van der Waals surface area contributed by atoms with Gasteiger partial charge in [0.2, 0.25) is 12.2 Å². The van der Waals surface area contributed by atoms with Crippen molar-refractivity contribution in [1.29, 1.82) is 0 Å². The van der Waals surface area contributed by atoms with Crippen LogP contribution in [0.5, 0.6) is 5.75 Å². The smallest absolute Gasteiger partial charge is 0.266 e. The van der Waals surface area contributed by atoms with Gasteiger partial charge < -0.3 is 15.7 Å². The number of anilines is 2. The summed E-state index contributed by atoms with van der Waals surface area (Å²) >= 11 is 0. The molecule has 0 saturated carbocycles. The molecular formula is C14H17N4O3+. The lowest BCUT2D eigenvalue weighted by atomic mass is 10.2. The molecule has 0 aliphatic rings. The predicted octanol–water partition coefficient (Wildman–Crippen LogP) is 0.615. The molecule has 0 saturated heterocycles. The van der Waals surface area contributed by atoms with Crippen LogP contribution in [0.2, 0.25) is 0 Å². The number of phenols is 1. The van der Waals surface area contributed by atoms with Crippen LogP contribution in [-0.2, 0) is 23.2 Å². The fraction of sp³-hybridized carbons (Fsp3) is 0.214. The lowest BCUT2D eigenvalue weighted by Crippen LogP contribution is -2.25. The molecule has 1 aromatic carbocycles. The van der Waals surface area contributed by atoms with Gasteiger partial charge >= 0.3 is 0 Å². The van der Waals surface area contributed by atoms with Crippen molar-refractivity contribution >= 4 is 23.2 Å². The molecule has 110 valence electrons. The van der Waals surface area contributed by atoms with E-state index in [0.717, 1.165) is 0 Å². The third kappa shape index (κ3) is 3.82.